The van der Waals surface area contributed by atoms with Gasteiger partial charge in [0.05, 0.1) is 56.7 Å². The van der Waals surface area contributed by atoms with Gasteiger partial charge in [-0.1, -0.05) is 223 Å². The van der Waals surface area contributed by atoms with E-state index in [9.17, 15) is 10.2 Å². The van der Waals surface area contributed by atoms with Gasteiger partial charge in [-0.25, -0.2) is 0 Å². The van der Waals surface area contributed by atoms with E-state index in [1.54, 1.807) is 12.1 Å². The summed E-state index contributed by atoms with van der Waals surface area (Å²) in [5.74, 6) is 0.901. The molecule has 2 N–H and O–H groups in total. The van der Waals surface area contributed by atoms with Crippen LogP contribution in [0.1, 0.15) is 205 Å². The van der Waals surface area contributed by atoms with E-state index < -0.39 is 0 Å². The summed E-state index contributed by atoms with van der Waals surface area (Å²) in [7, 11) is 0. The number of phenolic OH excluding ortho intramolecular Hbond substituents is 2. The van der Waals surface area contributed by atoms with Crippen LogP contribution in [-0.4, -0.2) is 32.6 Å². The fourth-order valence-corrected chi connectivity index (χ4v) is 15.4. The van der Waals surface area contributed by atoms with Crippen LogP contribution in [0, 0.1) is 25.7 Å². The van der Waals surface area contributed by atoms with Gasteiger partial charge in [0.15, 0.2) is 0 Å². The van der Waals surface area contributed by atoms with E-state index in [0.717, 1.165) is 67.6 Å². The summed E-state index contributed by atoms with van der Waals surface area (Å²) >= 11 is 28.5. The Bertz CT molecular complexity index is 4130. The standard InChI is InChI=1S/C83H98Cl4N2O4.2CH3.Hf/c1-76(2,3)46-82(19,20)52-38-60(72(90)70(40-52)88-66-28-24-48(78(7,8)9)34-56(66)57-35-49(79(10,11)12)25-29-67(57)88)62-42-54(84)44-64(86)74(62)92-32-23-33-93-75-63(43-55(85)45-65(75)87)61-39-53(83(21,22)47-77(4,5)6)41-71(73(61)91)89-68-30-26-50(80(13,14)15)36-58(68)59-37-51(81(16,17)18)27-31-69(59)89;;;/h24-31,34-45,90-91H,23,32-33,46-47H2,1-22H3;2*1H3;/q;2*-1;. The number of aromatic hydroxyl groups is 2. The molecule has 11 heteroatoms. The van der Waals surface area contributed by atoms with E-state index in [1.807, 2.05) is 12.1 Å². The third-order valence-corrected chi connectivity index (χ3v) is 19.5. The fourth-order valence-electron chi connectivity index (χ4n) is 14.3. The Labute approximate surface area is 614 Å². The third kappa shape index (κ3) is 15.9. The fraction of sp³-hybridized carbons (Fsp3) is 0.412. The molecule has 0 amide bonds. The largest absolute Gasteiger partial charge is 0.505 e. The first-order chi connectivity index (χ1) is 42.8. The topological polar surface area (TPSA) is 68.8 Å². The molecule has 0 unspecified atom stereocenters. The maximum Gasteiger partial charge on any atom is 0.147 e. The number of hydrogen-bond donors (Lipinski definition) is 2. The molecule has 10 aromatic rings. The third-order valence-electron chi connectivity index (χ3n) is 18.5. The molecule has 2 aromatic heterocycles. The quantitative estimate of drug-likeness (QED) is 0.0647. The minimum Gasteiger partial charge on any atom is -0.505 e. The van der Waals surface area contributed by atoms with E-state index in [0.29, 0.717) is 71.6 Å². The summed E-state index contributed by atoms with van der Waals surface area (Å²) in [6, 6.07) is 42.5. The predicted molar refractivity (Wildman–Crippen MR) is 413 cm³/mol. The van der Waals surface area contributed by atoms with E-state index >= 15 is 0 Å². The summed E-state index contributed by atoms with van der Waals surface area (Å²) in [6.07, 6.45) is 2.12. The molecule has 0 saturated heterocycles. The zero-order valence-corrected chi connectivity index (χ0v) is 68.3. The Hall–Kier alpha value is -5.41. The smallest absolute Gasteiger partial charge is 0.147 e. The van der Waals surface area contributed by atoms with Gasteiger partial charge in [-0.3, -0.25) is 0 Å². The van der Waals surface area contributed by atoms with Gasteiger partial charge in [0, 0.05) is 86.1 Å². The molecule has 0 atom stereocenters. The van der Waals surface area contributed by atoms with Crippen molar-refractivity contribution < 1.29 is 45.5 Å². The number of hydrogen-bond acceptors (Lipinski definition) is 4. The molecule has 2 heterocycles. The molecular weight excluding hydrogens is 1430 g/mol. The Morgan fingerprint density at radius 1 is 0.344 bits per heavy atom. The normalized spacial score (nSPS) is 12.9. The van der Waals surface area contributed by atoms with Crippen molar-refractivity contribution in [1.82, 2.24) is 9.13 Å². The zero-order chi connectivity index (χ0) is 68.4. The van der Waals surface area contributed by atoms with Crippen molar-refractivity contribution >= 4 is 90.0 Å². The average Bonchev–Trinajstić information content (AvgIpc) is 1.53. The first-order valence-electron chi connectivity index (χ1n) is 33.0. The number of fused-ring (bicyclic) bond motifs is 6. The molecule has 0 bridgehead atoms. The Morgan fingerprint density at radius 3 is 0.865 bits per heavy atom. The van der Waals surface area contributed by atoms with Crippen LogP contribution >= 0.6 is 46.4 Å². The van der Waals surface area contributed by atoms with Crippen molar-refractivity contribution in [2.24, 2.45) is 10.8 Å². The molecule has 0 spiro atoms. The SMILES string of the molecule is CC(C)(C)CC(C)(C)c1cc(-c2cc(Cl)cc(Cl)c2OCCCOc2c(Cl)cc(Cl)cc2-c2cc(C(C)(C)CC(C)(C)C)cc(-n3c4ccc(C(C)(C)C)cc4c4cc(C(C)(C)C)ccc43)c2O)c(O)c(-n2c3ccc(C(C)(C)C)cc3c3cc(C(C)(C)C)ccc32)c1.[CH3-].[CH3-].[Hf]. The van der Waals surface area contributed by atoms with Crippen molar-refractivity contribution in [2.75, 3.05) is 13.2 Å². The maximum atomic E-state index is 13.2. The van der Waals surface area contributed by atoms with Crippen LogP contribution in [0.15, 0.2) is 121 Å². The number of aromatic nitrogens is 2. The second-order valence-corrected chi connectivity index (χ2v) is 35.9. The minimum absolute atomic E-state index is 0. The van der Waals surface area contributed by atoms with Gasteiger partial charge in [0.25, 0.3) is 0 Å². The van der Waals surface area contributed by atoms with Gasteiger partial charge >= 0.3 is 0 Å². The van der Waals surface area contributed by atoms with Crippen LogP contribution < -0.4 is 9.47 Å². The van der Waals surface area contributed by atoms with E-state index in [-0.39, 0.29) is 109 Å². The Morgan fingerprint density at radius 2 is 0.615 bits per heavy atom. The Balaban J connectivity index is 0.00000433. The number of halogens is 4. The van der Waals surface area contributed by atoms with Crippen LogP contribution in [0.4, 0.5) is 0 Å². The van der Waals surface area contributed by atoms with Crippen molar-refractivity contribution in [2.45, 2.75) is 204 Å². The second-order valence-electron chi connectivity index (χ2n) is 34.2. The maximum absolute atomic E-state index is 13.2. The van der Waals surface area contributed by atoms with E-state index in [4.69, 9.17) is 55.9 Å². The number of benzene rings is 8. The zero-order valence-electron chi connectivity index (χ0n) is 61.7. The second kappa shape index (κ2) is 27.6. The van der Waals surface area contributed by atoms with Crippen LogP contribution in [0.3, 0.4) is 0 Å². The van der Waals surface area contributed by atoms with Crippen molar-refractivity contribution in [1.29, 1.82) is 0 Å². The van der Waals surface area contributed by atoms with Gasteiger partial charge in [-0.15, -0.1) is 0 Å². The van der Waals surface area contributed by atoms with Gasteiger partial charge in [0.2, 0.25) is 0 Å². The molecular formula is C85H104Cl4HfN2O4-2. The molecule has 0 fully saturated rings. The summed E-state index contributed by atoms with van der Waals surface area (Å²) < 4.78 is 18.1. The molecule has 8 aromatic carbocycles. The summed E-state index contributed by atoms with van der Waals surface area (Å²) in [5.41, 5.74) is 13.3. The number of phenols is 2. The van der Waals surface area contributed by atoms with Crippen LogP contribution in [0.25, 0.3) is 77.2 Å². The molecule has 0 aliphatic heterocycles. The molecule has 0 radical (unpaired) electrons. The molecule has 0 aliphatic carbocycles. The average molecular weight is 1540 g/mol. The number of ether oxygens (including phenoxy) is 2. The first kappa shape index (κ1) is 77.9. The molecule has 0 aliphatic rings. The van der Waals surface area contributed by atoms with Crippen molar-refractivity contribution in [3.8, 4) is 56.6 Å². The first-order valence-corrected chi connectivity index (χ1v) is 34.5. The molecule has 96 heavy (non-hydrogen) atoms. The number of nitrogens with zero attached hydrogens (tertiary/aromatic N) is 2. The minimum atomic E-state index is -0.351. The van der Waals surface area contributed by atoms with Crippen LogP contribution in [-0.2, 0) is 58.3 Å². The van der Waals surface area contributed by atoms with Crippen LogP contribution in [0.5, 0.6) is 23.0 Å². The molecule has 0 saturated carbocycles. The van der Waals surface area contributed by atoms with Crippen molar-refractivity contribution in [3.05, 3.63) is 190 Å². The predicted octanol–water partition coefficient (Wildman–Crippen LogP) is 26.6. The van der Waals surface area contributed by atoms with E-state index in [1.165, 1.54) is 22.3 Å². The monoisotopic (exact) mass is 1540 g/mol. The van der Waals surface area contributed by atoms with Gasteiger partial charge < -0.3 is 43.7 Å². The van der Waals surface area contributed by atoms with Gasteiger partial charge in [-0.05, 0) is 187 Å². The van der Waals surface area contributed by atoms with Gasteiger partial charge in [0.1, 0.15) is 23.0 Å². The summed E-state index contributed by atoms with van der Waals surface area (Å²) in [5, 5.41) is 32.2. The van der Waals surface area contributed by atoms with E-state index in [2.05, 4.69) is 259 Å². The molecule has 6 nitrogen and oxygen atoms in total. The summed E-state index contributed by atoms with van der Waals surface area (Å²) in [4.78, 5) is 0. The Kier molecular flexibility index (Phi) is 22.4. The number of rotatable bonds is 14. The van der Waals surface area contributed by atoms with Crippen LogP contribution in [0.2, 0.25) is 20.1 Å². The molecule has 10 rings (SSSR count). The van der Waals surface area contributed by atoms with Gasteiger partial charge in [-0.2, -0.15) is 0 Å². The van der Waals surface area contributed by atoms with Crippen molar-refractivity contribution in [3.63, 3.8) is 0 Å². The molecule has 512 valence electrons. The summed E-state index contributed by atoms with van der Waals surface area (Å²) in [6.45, 7) is 50.0.